The first-order valence-corrected chi connectivity index (χ1v) is 7.29. The lowest BCUT2D eigenvalue weighted by Crippen LogP contribution is -2.24. The highest BCUT2D eigenvalue weighted by Crippen LogP contribution is 2.26. The van der Waals surface area contributed by atoms with Crippen molar-refractivity contribution in [1.82, 2.24) is 4.98 Å². The third kappa shape index (κ3) is 4.39. The molecule has 1 saturated carbocycles. The van der Waals surface area contributed by atoms with Gasteiger partial charge < -0.3 is 15.2 Å². The Morgan fingerprint density at radius 2 is 2.16 bits per heavy atom. The average Bonchev–Trinajstić information content (AvgIpc) is 2.45. The molecule has 0 spiro atoms. The summed E-state index contributed by atoms with van der Waals surface area (Å²) in [6.45, 7) is 3.72. The van der Waals surface area contributed by atoms with Gasteiger partial charge in [-0.1, -0.05) is 6.92 Å². The van der Waals surface area contributed by atoms with Gasteiger partial charge in [0.1, 0.15) is 0 Å². The van der Waals surface area contributed by atoms with Crippen LogP contribution >= 0.6 is 0 Å². The number of anilines is 1. The first kappa shape index (κ1) is 14.1. The number of aliphatic hydroxyl groups excluding tert-OH is 1. The van der Waals surface area contributed by atoms with Gasteiger partial charge in [-0.15, -0.1) is 0 Å². The maximum atomic E-state index is 9.50. The Hall–Kier alpha value is -1.29. The van der Waals surface area contributed by atoms with Crippen LogP contribution in [-0.4, -0.2) is 29.3 Å². The summed E-state index contributed by atoms with van der Waals surface area (Å²) in [6, 6.07) is 3.85. The Balaban J connectivity index is 1.84. The summed E-state index contributed by atoms with van der Waals surface area (Å²) in [4.78, 5) is 4.35. The van der Waals surface area contributed by atoms with Crippen LogP contribution in [0.5, 0.6) is 5.75 Å². The molecule has 2 N–H and O–H groups in total. The number of hydrogen-bond acceptors (Lipinski definition) is 4. The minimum Gasteiger partial charge on any atom is -0.490 e. The molecule has 1 fully saturated rings. The predicted octanol–water partition coefficient (Wildman–Crippen LogP) is 2.83. The van der Waals surface area contributed by atoms with Crippen LogP contribution in [-0.2, 0) is 0 Å². The molecule has 0 aromatic carbocycles. The number of pyridine rings is 1. The third-order valence-electron chi connectivity index (χ3n) is 3.61. The van der Waals surface area contributed by atoms with Gasteiger partial charge in [0.25, 0.3) is 0 Å². The molecular weight excluding hydrogens is 240 g/mol. The minimum atomic E-state index is -0.0884. The fraction of sp³-hybridized carbons (Fsp3) is 0.667. The molecule has 1 aliphatic rings. The smallest absolute Gasteiger partial charge is 0.168 e. The van der Waals surface area contributed by atoms with Crippen molar-refractivity contribution in [3.05, 3.63) is 18.3 Å². The van der Waals surface area contributed by atoms with E-state index in [9.17, 15) is 5.11 Å². The Morgan fingerprint density at radius 1 is 1.37 bits per heavy atom. The molecule has 0 bridgehead atoms. The van der Waals surface area contributed by atoms with Gasteiger partial charge in [0.15, 0.2) is 11.6 Å². The van der Waals surface area contributed by atoms with E-state index in [1.54, 1.807) is 6.20 Å². The fourth-order valence-corrected chi connectivity index (χ4v) is 2.44. The van der Waals surface area contributed by atoms with Crippen LogP contribution in [0.15, 0.2) is 18.3 Å². The van der Waals surface area contributed by atoms with Gasteiger partial charge in [0.2, 0.25) is 0 Å². The molecule has 1 aliphatic carbocycles. The van der Waals surface area contributed by atoms with Gasteiger partial charge in [0.05, 0.1) is 12.7 Å². The molecule has 0 atom stereocenters. The molecule has 0 radical (unpaired) electrons. The molecule has 1 aromatic heterocycles. The van der Waals surface area contributed by atoms with Crippen molar-refractivity contribution in [3.8, 4) is 5.75 Å². The Bertz CT molecular complexity index is 376. The third-order valence-corrected chi connectivity index (χ3v) is 3.61. The molecule has 1 heterocycles. The van der Waals surface area contributed by atoms with E-state index >= 15 is 0 Å². The zero-order chi connectivity index (χ0) is 13.5. The van der Waals surface area contributed by atoms with E-state index in [-0.39, 0.29) is 6.10 Å². The summed E-state index contributed by atoms with van der Waals surface area (Å²) in [5, 5.41) is 12.9. The summed E-state index contributed by atoms with van der Waals surface area (Å²) < 4.78 is 5.68. The summed E-state index contributed by atoms with van der Waals surface area (Å²) >= 11 is 0. The van der Waals surface area contributed by atoms with E-state index < -0.39 is 0 Å². The summed E-state index contributed by atoms with van der Waals surface area (Å²) in [5.74, 6) is 2.30. The molecule has 1 aromatic rings. The lowest BCUT2D eigenvalue weighted by atomic mass is 9.87. The molecule has 4 nitrogen and oxygen atoms in total. The number of ether oxygens (including phenoxy) is 1. The molecule has 106 valence electrons. The predicted molar refractivity (Wildman–Crippen MR) is 76.5 cm³/mol. The zero-order valence-corrected chi connectivity index (χ0v) is 11.6. The Kier molecular flexibility index (Phi) is 5.45. The van der Waals surface area contributed by atoms with Crippen LogP contribution in [0.25, 0.3) is 0 Å². The number of nitrogens with one attached hydrogen (secondary N) is 1. The second kappa shape index (κ2) is 7.34. The maximum Gasteiger partial charge on any atom is 0.168 e. The van der Waals surface area contributed by atoms with Gasteiger partial charge >= 0.3 is 0 Å². The topological polar surface area (TPSA) is 54.4 Å². The van der Waals surface area contributed by atoms with Crippen molar-refractivity contribution in [2.24, 2.45) is 5.92 Å². The normalized spacial score (nSPS) is 23.1. The summed E-state index contributed by atoms with van der Waals surface area (Å²) in [5.41, 5.74) is 0. The van der Waals surface area contributed by atoms with Crippen molar-refractivity contribution >= 4 is 5.82 Å². The van der Waals surface area contributed by atoms with Crippen molar-refractivity contribution in [1.29, 1.82) is 0 Å². The van der Waals surface area contributed by atoms with Gasteiger partial charge in [-0.25, -0.2) is 4.98 Å². The monoisotopic (exact) mass is 264 g/mol. The van der Waals surface area contributed by atoms with Crippen molar-refractivity contribution < 1.29 is 9.84 Å². The SMILES string of the molecule is CCCOc1cccnc1NCC1CCC(O)CC1. The lowest BCUT2D eigenvalue weighted by molar-refractivity contribution is 0.111. The molecule has 0 saturated heterocycles. The van der Waals surface area contributed by atoms with Crippen molar-refractivity contribution in [2.75, 3.05) is 18.5 Å². The van der Waals surface area contributed by atoms with Crippen LogP contribution in [0.3, 0.4) is 0 Å². The van der Waals surface area contributed by atoms with Crippen LogP contribution in [0.2, 0.25) is 0 Å². The van der Waals surface area contributed by atoms with Crippen LogP contribution in [0, 0.1) is 5.92 Å². The Labute approximate surface area is 115 Å². The van der Waals surface area contributed by atoms with Gasteiger partial charge in [-0.3, -0.25) is 0 Å². The second-order valence-electron chi connectivity index (χ2n) is 5.25. The highest BCUT2D eigenvalue weighted by atomic mass is 16.5. The molecule has 0 aliphatic heterocycles. The highest BCUT2D eigenvalue weighted by Gasteiger charge is 2.19. The van der Waals surface area contributed by atoms with Crippen LogP contribution in [0.1, 0.15) is 39.0 Å². The lowest BCUT2D eigenvalue weighted by Gasteiger charge is -2.25. The van der Waals surface area contributed by atoms with Crippen LogP contribution < -0.4 is 10.1 Å². The van der Waals surface area contributed by atoms with E-state index in [0.29, 0.717) is 5.92 Å². The summed E-state index contributed by atoms with van der Waals surface area (Å²) in [6.07, 6.45) is 6.72. The standard InChI is InChI=1S/C15H24N2O2/c1-2-10-19-14-4-3-9-16-15(14)17-11-12-5-7-13(18)8-6-12/h3-4,9,12-13,18H,2,5-8,10-11H2,1H3,(H,16,17). The molecule has 2 rings (SSSR count). The molecule has 19 heavy (non-hydrogen) atoms. The van der Waals surface area contributed by atoms with E-state index in [4.69, 9.17) is 4.74 Å². The molecule has 0 amide bonds. The van der Waals surface area contributed by atoms with Gasteiger partial charge in [-0.05, 0) is 50.2 Å². The second-order valence-corrected chi connectivity index (χ2v) is 5.25. The zero-order valence-electron chi connectivity index (χ0n) is 11.6. The van der Waals surface area contributed by atoms with Crippen molar-refractivity contribution in [3.63, 3.8) is 0 Å². The summed E-state index contributed by atoms with van der Waals surface area (Å²) in [7, 11) is 0. The number of hydrogen-bond donors (Lipinski definition) is 2. The highest BCUT2D eigenvalue weighted by molar-refractivity contribution is 5.49. The van der Waals surface area contributed by atoms with E-state index in [2.05, 4.69) is 17.2 Å². The van der Waals surface area contributed by atoms with Crippen LogP contribution in [0.4, 0.5) is 5.82 Å². The number of nitrogens with zero attached hydrogens (tertiary/aromatic N) is 1. The minimum absolute atomic E-state index is 0.0884. The van der Waals surface area contributed by atoms with Crippen molar-refractivity contribution in [2.45, 2.75) is 45.1 Å². The largest absolute Gasteiger partial charge is 0.490 e. The maximum absolute atomic E-state index is 9.50. The van der Waals surface area contributed by atoms with E-state index in [1.807, 2.05) is 12.1 Å². The molecular formula is C15H24N2O2. The quantitative estimate of drug-likeness (QED) is 0.829. The first-order chi connectivity index (χ1) is 9.29. The van der Waals surface area contributed by atoms with Gasteiger partial charge in [-0.2, -0.15) is 0 Å². The fourth-order valence-electron chi connectivity index (χ4n) is 2.44. The number of aromatic nitrogens is 1. The first-order valence-electron chi connectivity index (χ1n) is 7.29. The van der Waals surface area contributed by atoms with Gasteiger partial charge in [0, 0.05) is 12.7 Å². The molecule has 0 unspecified atom stereocenters. The molecule has 4 heteroatoms. The Morgan fingerprint density at radius 3 is 2.89 bits per heavy atom. The van der Waals surface area contributed by atoms with E-state index in [0.717, 1.165) is 56.8 Å². The number of rotatable bonds is 6. The number of aliphatic hydroxyl groups is 1. The average molecular weight is 264 g/mol. The van der Waals surface area contributed by atoms with E-state index in [1.165, 1.54) is 0 Å².